The van der Waals surface area contributed by atoms with Gasteiger partial charge in [0.2, 0.25) is 11.8 Å². The number of piperazine rings is 1. The van der Waals surface area contributed by atoms with Crippen molar-refractivity contribution in [3.8, 4) is 5.88 Å². The van der Waals surface area contributed by atoms with Crippen molar-refractivity contribution in [3.63, 3.8) is 0 Å². The molecule has 3 fully saturated rings. The maximum atomic E-state index is 13.3. The van der Waals surface area contributed by atoms with Gasteiger partial charge in [0.15, 0.2) is 0 Å². The highest BCUT2D eigenvalue weighted by Gasteiger charge is 2.38. The van der Waals surface area contributed by atoms with E-state index in [1.165, 1.54) is 0 Å². The van der Waals surface area contributed by atoms with Crippen LogP contribution in [-0.2, 0) is 10.9 Å². The predicted octanol–water partition coefficient (Wildman–Crippen LogP) is 2.10. The summed E-state index contributed by atoms with van der Waals surface area (Å²) in [5.41, 5.74) is -1.01. The van der Waals surface area contributed by atoms with E-state index in [1.54, 1.807) is 4.90 Å². The van der Waals surface area contributed by atoms with Gasteiger partial charge < -0.3 is 25.0 Å². The zero-order chi connectivity index (χ0) is 22.0. The Hall–Kier alpha value is -2.47. The van der Waals surface area contributed by atoms with Crippen LogP contribution in [0.4, 0.5) is 19.1 Å². The SMILES string of the molecule is N=C1CNCCN1C(=N)[C@H]1CCC[C@@H](Nc2ncc(C(F)(F)F)c(OC3COC3)n2)C1. The minimum Gasteiger partial charge on any atom is -0.469 e. The smallest absolute Gasteiger partial charge is 0.423 e. The van der Waals surface area contributed by atoms with Crippen molar-refractivity contribution in [1.82, 2.24) is 20.2 Å². The van der Waals surface area contributed by atoms with E-state index >= 15 is 0 Å². The number of rotatable bonds is 5. The van der Waals surface area contributed by atoms with Crippen molar-refractivity contribution in [2.24, 2.45) is 5.92 Å². The Labute approximate surface area is 177 Å². The number of nitrogens with one attached hydrogen (secondary N) is 4. The molecule has 3 heterocycles. The molecule has 4 N–H and O–H groups in total. The van der Waals surface area contributed by atoms with E-state index in [1.807, 2.05) is 0 Å². The van der Waals surface area contributed by atoms with E-state index < -0.39 is 23.7 Å². The van der Waals surface area contributed by atoms with Crippen molar-refractivity contribution in [1.29, 1.82) is 10.8 Å². The molecule has 9 nitrogen and oxygen atoms in total. The molecule has 2 aliphatic heterocycles. The van der Waals surface area contributed by atoms with Gasteiger partial charge in [0, 0.05) is 31.2 Å². The van der Waals surface area contributed by atoms with E-state index in [9.17, 15) is 13.2 Å². The van der Waals surface area contributed by atoms with Gasteiger partial charge in [-0.15, -0.1) is 0 Å². The Bertz CT molecular complexity index is 831. The lowest BCUT2D eigenvalue weighted by atomic mass is 9.84. The zero-order valence-electron chi connectivity index (χ0n) is 17.0. The summed E-state index contributed by atoms with van der Waals surface area (Å²) >= 11 is 0. The summed E-state index contributed by atoms with van der Waals surface area (Å²) in [6.45, 7) is 2.24. The number of anilines is 1. The molecule has 12 heteroatoms. The molecule has 1 aromatic rings. The summed E-state index contributed by atoms with van der Waals surface area (Å²) in [6.07, 6.45) is -1.16. The topological polar surface area (TPSA) is 119 Å². The first kappa shape index (κ1) is 21.8. The van der Waals surface area contributed by atoms with E-state index in [-0.39, 0.29) is 31.1 Å². The van der Waals surface area contributed by atoms with Gasteiger partial charge in [-0.1, -0.05) is 6.42 Å². The van der Waals surface area contributed by atoms with Crippen molar-refractivity contribution in [3.05, 3.63) is 11.8 Å². The number of alkyl halides is 3. The number of nitrogens with zero attached hydrogens (tertiary/aromatic N) is 3. The van der Waals surface area contributed by atoms with E-state index in [4.69, 9.17) is 20.3 Å². The number of hydrogen-bond donors (Lipinski definition) is 4. The summed E-state index contributed by atoms with van der Waals surface area (Å²) in [5.74, 6) is 0.379. The summed E-state index contributed by atoms with van der Waals surface area (Å²) in [7, 11) is 0. The molecule has 1 aromatic heterocycles. The molecule has 0 bridgehead atoms. The number of halogens is 3. The molecule has 0 radical (unpaired) electrons. The fourth-order valence-corrected chi connectivity index (χ4v) is 4.03. The van der Waals surface area contributed by atoms with Gasteiger partial charge in [-0.3, -0.25) is 10.8 Å². The van der Waals surface area contributed by atoms with Crippen molar-refractivity contribution >= 4 is 17.6 Å². The van der Waals surface area contributed by atoms with Gasteiger partial charge in [-0.25, -0.2) is 4.98 Å². The molecule has 2 saturated heterocycles. The lowest BCUT2D eigenvalue weighted by Crippen LogP contribution is -2.52. The summed E-state index contributed by atoms with van der Waals surface area (Å²) in [5, 5.41) is 22.9. The summed E-state index contributed by atoms with van der Waals surface area (Å²) < 4.78 is 50.2. The number of aromatic nitrogens is 2. The third-order valence-corrected chi connectivity index (χ3v) is 5.76. The van der Waals surface area contributed by atoms with E-state index in [0.29, 0.717) is 31.2 Å². The Kier molecular flexibility index (Phi) is 6.28. The van der Waals surface area contributed by atoms with Gasteiger partial charge in [0.05, 0.1) is 19.8 Å². The molecule has 1 saturated carbocycles. The van der Waals surface area contributed by atoms with Gasteiger partial charge in [-0.05, 0) is 19.3 Å². The molecule has 0 aromatic carbocycles. The first-order valence-corrected chi connectivity index (χ1v) is 10.4. The first-order chi connectivity index (χ1) is 14.8. The average Bonchev–Trinajstić information content (AvgIpc) is 2.70. The molecule has 1 aliphatic carbocycles. The maximum absolute atomic E-state index is 13.3. The van der Waals surface area contributed by atoms with Crippen LogP contribution in [0.5, 0.6) is 5.88 Å². The Morgan fingerprint density at radius 2 is 2.13 bits per heavy atom. The van der Waals surface area contributed by atoms with Crippen LogP contribution < -0.4 is 15.4 Å². The van der Waals surface area contributed by atoms with E-state index in [2.05, 4.69) is 20.6 Å². The molecule has 2 atom stereocenters. The molecular weight excluding hydrogens is 415 g/mol. The Balaban J connectivity index is 1.43. The maximum Gasteiger partial charge on any atom is 0.423 e. The standard InChI is InChI=1S/C19H26F3N7O2/c20-19(21,22)14-7-26-18(28-17(14)31-13-9-30-10-13)27-12-3-1-2-11(6-12)16(24)29-5-4-25-8-15(29)23/h7,11-13,23-25H,1-6,8-10H2,(H,26,27,28)/t11-,12+/m0/s1. The highest BCUT2D eigenvalue weighted by Crippen LogP contribution is 2.36. The van der Waals surface area contributed by atoms with Crippen LogP contribution in [0.3, 0.4) is 0 Å². The van der Waals surface area contributed by atoms with Crippen molar-refractivity contribution in [2.75, 3.05) is 38.2 Å². The largest absolute Gasteiger partial charge is 0.469 e. The molecule has 0 unspecified atom stereocenters. The highest BCUT2D eigenvalue weighted by molar-refractivity contribution is 6.00. The van der Waals surface area contributed by atoms with Crippen LogP contribution in [0.2, 0.25) is 0 Å². The Morgan fingerprint density at radius 1 is 1.32 bits per heavy atom. The molecule has 0 amide bonds. The fourth-order valence-electron chi connectivity index (χ4n) is 4.03. The molecular formula is C19H26F3N7O2. The third kappa shape index (κ3) is 5.06. The normalized spacial score (nSPS) is 25.1. The van der Waals surface area contributed by atoms with E-state index in [0.717, 1.165) is 32.0 Å². The van der Waals surface area contributed by atoms with Crippen LogP contribution >= 0.6 is 0 Å². The van der Waals surface area contributed by atoms with Crippen LogP contribution in [-0.4, -0.2) is 71.5 Å². The second-order valence-electron chi connectivity index (χ2n) is 8.05. The van der Waals surface area contributed by atoms with Gasteiger partial charge in [-0.2, -0.15) is 18.2 Å². The summed E-state index contributed by atoms with van der Waals surface area (Å²) in [4.78, 5) is 9.60. The minimum absolute atomic E-state index is 0.0259. The molecule has 4 rings (SSSR count). The van der Waals surface area contributed by atoms with Gasteiger partial charge >= 0.3 is 6.18 Å². The van der Waals surface area contributed by atoms with Gasteiger partial charge in [0.1, 0.15) is 23.3 Å². The molecule has 0 spiro atoms. The second-order valence-corrected chi connectivity index (χ2v) is 8.05. The van der Waals surface area contributed by atoms with Crippen molar-refractivity contribution < 1.29 is 22.6 Å². The quantitative estimate of drug-likeness (QED) is 0.408. The minimum atomic E-state index is -4.61. The number of ether oxygens (including phenoxy) is 2. The zero-order valence-corrected chi connectivity index (χ0v) is 17.0. The predicted molar refractivity (Wildman–Crippen MR) is 107 cm³/mol. The molecule has 3 aliphatic rings. The number of amidine groups is 2. The third-order valence-electron chi connectivity index (χ3n) is 5.76. The van der Waals surface area contributed by atoms with Gasteiger partial charge in [0.25, 0.3) is 0 Å². The monoisotopic (exact) mass is 441 g/mol. The average molecular weight is 441 g/mol. The van der Waals surface area contributed by atoms with Crippen LogP contribution in [0.1, 0.15) is 31.2 Å². The lowest BCUT2D eigenvalue weighted by molar-refractivity contribution is -0.142. The van der Waals surface area contributed by atoms with Crippen LogP contribution in [0, 0.1) is 16.7 Å². The molecule has 31 heavy (non-hydrogen) atoms. The van der Waals surface area contributed by atoms with Crippen LogP contribution in [0.15, 0.2) is 6.20 Å². The molecule has 170 valence electrons. The summed E-state index contributed by atoms with van der Waals surface area (Å²) in [6, 6.07) is -0.0761. The van der Waals surface area contributed by atoms with Crippen LogP contribution in [0.25, 0.3) is 0 Å². The first-order valence-electron chi connectivity index (χ1n) is 10.4. The highest BCUT2D eigenvalue weighted by atomic mass is 19.4. The van der Waals surface area contributed by atoms with Crippen molar-refractivity contribution in [2.45, 2.75) is 44.0 Å². The lowest BCUT2D eigenvalue weighted by Gasteiger charge is -2.37. The second kappa shape index (κ2) is 8.95. The fraction of sp³-hybridized carbons (Fsp3) is 0.684. The number of hydrogen-bond acceptors (Lipinski definition) is 8. The Morgan fingerprint density at radius 3 is 2.81 bits per heavy atom.